The number of hydrogen-bond acceptors (Lipinski definition) is 5. The van der Waals surface area contributed by atoms with E-state index in [1.54, 1.807) is 0 Å². The molecule has 18 heavy (non-hydrogen) atoms. The molecule has 6 nitrogen and oxygen atoms in total. The zero-order valence-electron chi connectivity index (χ0n) is 10.1. The van der Waals surface area contributed by atoms with Gasteiger partial charge in [0.1, 0.15) is 17.8 Å². The smallest absolute Gasteiger partial charge is 0.231 e. The van der Waals surface area contributed by atoms with Gasteiger partial charge in [0.2, 0.25) is 5.91 Å². The SMILES string of the molecule is Cc1ccc(C(C)NC(=O)CSc2ncn[nH]2)o1. The third-order valence-corrected chi connectivity index (χ3v) is 3.17. The lowest BCUT2D eigenvalue weighted by Crippen LogP contribution is -2.27. The van der Waals surface area contributed by atoms with Crippen molar-refractivity contribution in [3.05, 3.63) is 30.0 Å². The summed E-state index contributed by atoms with van der Waals surface area (Å²) >= 11 is 1.31. The summed E-state index contributed by atoms with van der Waals surface area (Å²) in [5, 5.41) is 9.88. The van der Waals surface area contributed by atoms with Crippen LogP contribution in [-0.2, 0) is 4.79 Å². The van der Waals surface area contributed by atoms with Crippen molar-refractivity contribution < 1.29 is 9.21 Å². The Labute approximate surface area is 109 Å². The van der Waals surface area contributed by atoms with Crippen LogP contribution in [-0.4, -0.2) is 26.8 Å². The topological polar surface area (TPSA) is 83.8 Å². The van der Waals surface area contributed by atoms with E-state index in [0.717, 1.165) is 11.5 Å². The van der Waals surface area contributed by atoms with Crippen LogP contribution < -0.4 is 5.32 Å². The first-order valence-electron chi connectivity index (χ1n) is 5.49. The number of furan rings is 1. The Morgan fingerprint density at radius 3 is 3.06 bits per heavy atom. The standard InChI is InChI=1S/C11H14N4O2S/c1-7-3-4-9(17-7)8(2)14-10(16)5-18-11-12-6-13-15-11/h3-4,6,8H,5H2,1-2H3,(H,14,16)(H,12,13,15). The van der Waals surface area contributed by atoms with E-state index in [4.69, 9.17) is 4.42 Å². The van der Waals surface area contributed by atoms with Crippen LogP contribution in [0.15, 0.2) is 28.0 Å². The molecule has 0 fully saturated rings. The van der Waals surface area contributed by atoms with E-state index in [1.165, 1.54) is 18.1 Å². The van der Waals surface area contributed by atoms with Gasteiger partial charge in [0.15, 0.2) is 5.16 Å². The largest absolute Gasteiger partial charge is 0.464 e. The zero-order chi connectivity index (χ0) is 13.0. The van der Waals surface area contributed by atoms with Crippen LogP contribution in [0.25, 0.3) is 0 Å². The molecule has 0 aromatic carbocycles. The van der Waals surface area contributed by atoms with E-state index in [2.05, 4.69) is 20.5 Å². The summed E-state index contributed by atoms with van der Waals surface area (Å²) in [5.74, 6) is 1.81. The van der Waals surface area contributed by atoms with Gasteiger partial charge in [-0.3, -0.25) is 9.89 Å². The normalized spacial score (nSPS) is 12.3. The number of carbonyl (C=O) groups excluding carboxylic acids is 1. The Balaban J connectivity index is 1.80. The van der Waals surface area contributed by atoms with Crippen LogP contribution in [0.3, 0.4) is 0 Å². The molecular weight excluding hydrogens is 252 g/mol. The van der Waals surface area contributed by atoms with Gasteiger partial charge in [-0.1, -0.05) is 11.8 Å². The number of amides is 1. The van der Waals surface area contributed by atoms with Crippen LogP contribution >= 0.6 is 11.8 Å². The summed E-state index contributed by atoms with van der Waals surface area (Å²) in [6.07, 6.45) is 1.41. The predicted octanol–water partition coefficient (Wildman–Crippen LogP) is 1.68. The number of carbonyl (C=O) groups is 1. The fourth-order valence-corrected chi connectivity index (χ4v) is 2.03. The highest BCUT2D eigenvalue weighted by atomic mass is 32.2. The van der Waals surface area contributed by atoms with Gasteiger partial charge in [-0.25, -0.2) is 4.98 Å². The van der Waals surface area contributed by atoms with Gasteiger partial charge in [-0.2, -0.15) is 5.10 Å². The minimum absolute atomic E-state index is 0.0713. The number of aromatic nitrogens is 3. The summed E-state index contributed by atoms with van der Waals surface area (Å²) in [7, 11) is 0. The molecule has 2 heterocycles. The van der Waals surface area contributed by atoms with Gasteiger partial charge in [0.25, 0.3) is 0 Å². The number of hydrogen-bond donors (Lipinski definition) is 2. The summed E-state index contributed by atoms with van der Waals surface area (Å²) < 4.78 is 5.45. The number of nitrogens with one attached hydrogen (secondary N) is 2. The third-order valence-electron chi connectivity index (χ3n) is 2.30. The van der Waals surface area contributed by atoms with E-state index in [0.29, 0.717) is 10.9 Å². The van der Waals surface area contributed by atoms with E-state index >= 15 is 0 Å². The van der Waals surface area contributed by atoms with E-state index < -0.39 is 0 Å². The highest BCUT2D eigenvalue weighted by molar-refractivity contribution is 7.99. The van der Waals surface area contributed by atoms with Crippen molar-refractivity contribution in [3.8, 4) is 0 Å². The fraction of sp³-hybridized carbons (Fsp3) is 0.364. The van der Waals surface area contributed by atoms with Gasteiger partial charge < -0.3 is 9.73 Å². The lowest BCUT2D eigenvalue weighted by Gasteiger charge is -2.10. The maximum absolute atomic E-state index is 11.7. The minimum atomic E-state index is -0.137. The van der Waals surface area contributed by atoms with Crippen molar-refractivity contribution in [2.75, 3.05) is 5.75 Å². The Hall–Kier alpha value is -1.76. The second kappa shape index (κ2) is 5.72. The lowest BCUT2D eigenvalue weighted by molar-refractivity contribution is -0.119. The molecule has 0 aliphatic heterocycles. The highest BCUT2D eigenvalue weighted by Crippen LogP contribution is 2.16. The molecule has 2 aromatic rings. The number of thioether (sulfide) groups is 1. The molecule has 96 valence electrons. The molecular formula is C11H14N4O2S. The second-order valence-electron chi connectivity index (χ2n) is 3.82. The molecule has 0 radical (unpaired) electrons. The van der Waals surface area contributed by atoms with Crippen LogP contribution in [0.2, 0.25) is 0 Å². The second-order valence-corrected chi connectivity index (χ2v) is 4.78. The van der Waals surface area contributed by atoms with Crippen molar-refractivity contribution in [1.29, 1.82) is 0 Å². The summed E-state index contributed by atoms with van der Waals surface area (Å²) in [6, 6.07) is 3.60. The third kappa shape index (κ3) is 3.36. The highest BCUT2D eigenvalue weighted by Gasteiger charge is 2.13. The van der Waals surface area contributed by atoms with E-state index in [-0.39, 0.29) is 11.9 Å². The molecule has 1 atom stereocenters. The van der Waals surface area contributed by atoms with Crippen LogP contribution in [0, 0.1) is 6.92 Å². The molecule has 1 amide bonds. The molecule has 0 saturated carbocycles. The van der Waals surface area contributed by atoms with E-state index in [9.17, 15) is 4.79 Å². The molecule has 0 saturated heterocycles. The maximum atomic E-state index is 11.7. The monoisotopic (exact) mass is 266 g/mol. The van der Waals surface area contributed by atoms with Crippen LogP contribution in [0.5, 0.6) is 0 Å². The van der Waals surface area contributed by atoms with Crippen molar-refractivity contribution in [3.63, 3.8) is 0 Å². The first-order chi connectivity index (χ1) is 8.65. The van der Waals surface area contributed by atoms with Crippen molar-refractivity contribution in [1.82, 2.24) is 20.5 Å². The first kappa shape index (κ1) is 12.7. The number of aryl methyl sites for hydroxylation is 1. The number of rotatable bonds is 5. The quantitative estimate of drug-likeness (QED) is 0.804. The molecule has 0 aliphatic carbocycles. The van der Waals surface area contributed by atoms with Crippen molar-refractivity contribution >= 4 is 17.7 Å². The zero-order valence-corrected chi connectivity index (χ0v) is 11.0. The number of nitrogens with zero attached hydrogens (tertiary/aromatic N) is 2. The summed E-state index contributed by atoms with van der Waals surface area (Å²) in [5.41, 5.74) is 0. The molecule has 0 aliphatic rings. The Bertz CT molecular complexity index is 509. The van der Waals surface area contributed by atoms with Gasteiger partial charge in [0, 0.05) is 0 Å². The summed E-state index contributed by atoms with van der Waals surface area (Å²) in [6.45, 7) is 3.76. The van der Waals surface area contributed by atoms with Gasteiger partial charge >= 0.3 is 0 Å². The van der Waals surface area contributed by atoms with Crippen LogP contribution in [0.1, 0.15) is 24.5 Å². The molecule has 1 unspecified atom stereocenters. The molecule has 2 rings (SSSR count). The van der Waals surface area contributed by atoms with Gasteiger partial charge in [0.05, 0.1) is 11.8 Å². The molecule has 0 spiro atoms. The predicted molar refractivity (Wildman–Crippen MR) is 67.1 cm³/mol. The van der Waals surface area contributed by atoms with E-state index in [1.807, 2.05) is 26.0 Å². The molecule has 0 bridgehead atoms. The maximum Gasteiger partial charge on any atom is 0.231 e. The Morgan fingerprint density at radius 2 is 2.44 bits per heavy atom. The van der Waals surface area contributed by atoms with Crippen LogP contribution in [0.4, 0.5) is 0 Å². The first-order valence-corrected chi connectivity index (χ1v) is 6.47. The average molecular weight is 266 g/mol. The van der Waals surface area contributed by atoms with Gasteiger partial charge in [-0.15, -0.1) is 0 Å². The number of aromatic amines is 1. The van der Waals surface area contributed by atoms with Crippen molar-refractivity contribution in [2.45, 2.75) is 25.0 Å². The Kier molecular flexibility index (Phi) is 4.03. The summed E-state index contributed by atoms with van der Waals surface area (Å²) in [4.78, 5) is 15.6. The molecule has 7 heteroatoms. The number of H-pyrrole nitrogens is 1. The van der Waals surface area contributed by atoms with Crippen molar-refractivity contribution in [2.24, 2.45) is 0 Å². The average Bonchev–Trinajstić information content (AvgIpc) is 2.97. The molecule has 2 aromatic heterocycles. The fourth-order valence-electron chi connectivity index (χ4n) is 1.44. The molecule has 2 N–H and O–H groups in total. The minimum Gasteiger partial charge on any atom is -0.464 e. The Morgan fingerprint density at radius 1 is 1.61 bits per heavy atom. The van der Waals surface area contributed by atoms with Gasteiger partial charge in [-0.05, 0) is 26.0 Å². The lowest BCUT2D eigenvalue weighted by atomic mass is 10.2.